The van der Waals surface area contributed by atoms with Crippen molar-refractivity contribution in [1.29, 1.82) is 0 Å². The number of hydrazine groups is 1. The summed E-state index contributed by atoms with van der Waals surface area (Å²) in [6.07, 6.45) is -0.246. The van der Waals surface area contributed by atoms with Gasteiger partial charge in [0.05, 0.1) is 12.7 Å². The summed E-state index contributed by atoms with van der Waals surface area (Å²) in [5.74, 6) is 0.184. The quantitative estimate of drug-likeness (QED) is 0.791. The average Bonchev–Trinajstić information content (AvgIpc) is 2.65. The lowest BCUT2D eigenvalue weighted by atomic mass is 10.2. The zero-order valence-electron chi connectivity index (χ0n) is 14.5. The number of rotatable bonds is 6. The molecule has 6 heteroatoms. The fourth-order valence-corrected chi connectivity index (χ4v) is 2.26. The Balaban J connectivity index is 1.98. The van der Waals surface area contributed by atoms with Crippen molar-refractivity contribution in [3.63, 3.8) is 0 Å². The van der Waals surface area contributed by atoms with Crippen LogP contribution in [0.2, 0.25) is 0 Å². The van der Waals surface area contributed by atoms with Gasteiger partial charge in [0, 0.05) is 0 Å². The van der Waals surface area contributed by atoms with Crippen LogP contribution in [0.3, 0.4) is 0 Å². The molecule has 0 aliphatic heterocycles. The van der Waals surface area contributed by atoms with Crippen molar-refractivity contribution in [3.8, 4) is 11.5 Å². The van der Waals surface area contributed by atoms with E-state index < -0.39 is 17.9 Å². The number of benzene rings is 2. The molecule has 0 aliphatic rings. The molecule has 0 fully saturated rings. The number of amides is 2. The highest BCUT2D eigenvalue weighted by atomic mass is 16.5. The SMILES string of the molecule is CCC(Oc1ccccc1C)C(=O)NNC(=O)c1ccccc1OC. The van der Waals surface area contributed by atoms with Gasteiger partial charge in [-0.25, -0.2) is 0 Å². The van der Waals surface area contributed by atoms with Crippen LogP contribution in [-0.4, -0.2) is 25.0 Å². The lowest BCUT2D eigenvalue weighted by Gasteiger charge is -2.19. The monoisotopic (exact) mass is 342 g/mol. The second-order valence-electron chi connectivity index (χ2n) is 5.42. The van der Waals surface area contributed by atoms with E-state index in [1.807, 2.05) is 32.0 Å². The minimum Gasteiger partial charge on any atom is -0.496 e. The zero-order chi connectivity index (χ0) is 18.2. The molecule has 0 saturated carbocycles. The van der Waals surface area contributed by atoms with Gasteiger partial charge in [-0.1, -0.05) is 37.3 Å². The lowest BCUT2D eigenvalue weighted by Crippen LogP contribution is -2.48. The van der Waals surface area contributed by atoms with Gasteiger partial charge in [0.15, 0.2) is 6.10 Å². The van der Waals surface area contributed by atoms with Gasteiger partial charge in [-0.05, 0) is 37.1 Å². The maximum absolute atomic E-state index is 12.3. The van der Waals surface area contributed by atoms with Crippen molar-refractivity contribution in [3.05, 3.63) is 59.7 Å². The average molecular weight is 342 g/mol. The second kappa shape index (κ2) is 8.73. The Bertz CT molecular complexity index is 746. The summed E-state index contributed by atoms with van der Waals surface area (Å²) >= 11 is 0. The molecule has 2 N–H and O–H groups in total. The Morgan fingerprint density at radius 3 is 2.28 bits per heavy atom. The highest BCUT2D eigenvalue weighted by Gasteiger charge is 2.20. The Labute approximate surface area is 147 Å². The number of nitrogens with one attached hydrogen (secondary N) is 2. The first-order chi connectivity index (χ1) is 12.1. The third-order valence-electron chi connectivity index (χ3n) is 3.68. The maximum atomic E-state index is 12.3. The Morgan fingerprint density at radius 1 is 1.00 bits per heavy atom. The summed E-state index contributed by atoms with van der Waals surface area (Å²) in [4.78, 5) is 24.5. The predicted octanol–water partition coefficient (Wildman–Crippen LogP) is 2.62. The van der Waals surface area contributed by atoms with Crippen LogP contribution in [0.5, 0.6) is 11.5 Å². The number of ether oxygens (including phenoxy) is 2. The van der Waals surface area contributed by atoms with Crippen LogP contribution in [0.25, 0.3) is 0 Å². The number of hydrogen-bond donors (Lipinski definition) is 2. The summed E-state index contributed by atoms with van der Waals surface area (Å²) in [7, 11) is 1.48. The van der Waals surface area contributed by atoms with Crippen LogP contribution in [-0.2, 0) is 4.79 Å². The van der Waals surface area contributed by atoms with Gasteiger partial charge in [-0.2, -0.15) is 0 Å². The van der Waals surface area contributed by atoms with Gasteiger partial charge in [0.1, 0.15) is 11.5 Å². The number of carbonyl (C=O) groups excluding carboxylic acids is 2. The number of methoxy groups -OCH3 is 1. The van der Waals surface area contributed by atoms with Crippen LogP contribution in [0.15, 0.2) is 48.5 Å². The van der Waals surface area contributed by atoms with E-state index in [1.54, 1.807) is 30.3 Å². The summed E-state index contributed by atoms with van der Waals surface area (Å²) in [5, 5.41) is 0. The van der Waals surface area contributed by atoms with Crippen LogP contribution < -0.4 is 20.3 Å². The van der Waals surface area contributed by atoms with Gasteiger partial charge >= 0.3 is 0 Å². The largest absolute Gasteiger partial charge is 0.496 e. The third kappa shape index (κ3) is 4.73. The minimum atomic E-state index is -0.709. The smallest absolute Gasteiger partial charge is 0.279 e. The van der Waals surface area contributed by atoms with E-state index in [4.69, 9.17) is 9.47 Å². The van der Waals surface area contributed by atoms with Gasteiger partial charge in [-0.15, -0.1) is 0 Å². The lowest BCUT2D eigenvalue weighted by molar-refractivity contribution is -0.128. The molecule has 2 amide bonds. The Morgan fingerprint density at radius 2 is 1.64 bits per heavy atom. The van der Waals surface area contributed by atoms with E-state index >= 15 is 0 Å². The van der Waals surface area contributed by atoms with Crippen molar-refractivity contribution in [2.75, 3.05) is 7.11 Å². The molecule has 2 aromatic carbocycles. The Hall–Kier alpha value is -3.02. The van der Waals surface area contributed by atoms with E-state index in [0.29, 0.717) is 23.5 Å². The molecule has 132 valence electrons. The molecule has 0 aliphatic carbocycles. The van der Waals surface area contributed by atoms with E-state index in [2.05, 4.69) is 10.9 Å². The standard InChI is InChI=1S/C19H22N2O4/c1-4-15(25-16-11-7-5-9-13(16)2)19(23)21-20-18(22)14-10-6-8-12-17(14)24-3/h5-12,15H,4H2,1-3H3,(H,20,22)(H,21,23). The van der Waals surface area contributed by atoms with E-state index in [-0.39, 0.29) is 0 Å². The number of carbonyl (C=O) groups is 2. The normalized spacial score (nSPS) is 11.3. The maximum Gasteiger partial charge on any atom is 0.279 e. The molecule has 1 unspecified atom stereocenters. The fraction of sp³-hybridized carbons (Fsp3) is 0.263. The fourth-order valence-electron chi connectivity index (χ4n) is 2.26. The molecule has 1 atom stereocenters. The minimum absolute atomic E-state index is 0.332. The van der Waals surface area contributed by atoms with Crippen molar-refractivity contribution >= 4 is 11.8 Å². The molecule has 2 rings (SSSR count). The first kappa shape index (κ1) is 18.3. The second-order valence-corrected chi connectivity index (χ2v) is 5.42. The molecule has 0 heterocycles. The van der Waals surface area contributed by atoms with Crippen molar-refractivity contribution in [2.24, 2.45) is 0 Å². The molecule has 0 aromatic heterocycles. The molecule has 0 bridgehead atoms. The summed E-state index contributed by atoms with van der Waals surface area (Å²) in [5.41, 5.74) is 6.06. The molecular weight excluding hydrogens is 320 g/mol. The molecule has 0 radical (unpaired) electrons. The highest BCUT2D eigenvalue weighted by Crippen LogP contribution is 2.19. The highest BCUT2D eigenvalue weighted by molar-refractivity contribution is 5.98. The topological polar surface area (TPSA) is 76.7 Å². The van der Waals surface area contributed by atoms with Crippen LogP contribution in [0, 0.1) is 6.92 Å². The molecule has 25 heavy (non-hydrogen) atoms. The third-order valence-corrected chi connectivity index (χ3v) is 3.68. The molecule has 2 aromatic rings. The first-order valence-corrected chi connectivity index (χ1v) is 8.02. The van der Waals surface area contributed by atoms with Gasteiger partial charge in [0.2, 0.25) is 0 Å². The Kier molecular flexibility index (Phi) is 6.39. The van der Waals surface area contributed by atoms with Crippen molar-refractivity contribution < 1.29 is 19.1 Å². The van der Waals surface area contributed by atoms with Gasteiger partial charge < -0.3 is 9.47 Å². The molecule has 0 saturated heterocycles. The number of para-hydroxylation sites is 2. The van der Waals surface area contributed by atoms with Crippen LogP contribution >= 0.6 is 0 Å². The van der Waals surface area contributed by atoms with Crippen LogP contribution in [0.1, 0.15) is 29.3 Å². The van der Waals surface area contributed by atoms with Gasteiger partial charge in [0.25, 0.3) is 11.8 Å². The number of aryl methyl sites for hydroxylation is 1. The van der Waals surface area contributed by atoms with E-state index in [1.165, 1.54) is 7.11 Å². The zero-order valence-corrected chi connectivity index (χ0v) is 14.5. The van der Waals surface area contributed by atoms with Gasteiger partial charge in [-0.3, -0.25) is 20.4 Å². The van der Waals surface area contributed by atoms with Crippen LogP contribution in [0.4, 0.5) is 0 Å². The predicted molar refractivity (Wildman–Crippen MR) is 94.5 cm³/mol. The van der Waals surface area contributed by atoms with E-state index in [0.717, 1.165) is 5.56 Å². The summed E-state index contributed by atoms with van der Waals surface area (Å²) in [6.45, 7) is 3.74. The van der Waals surface area contributed by atoms with Crippen molar-refractivity contribution in [1.82, 2.24) is 10.9 Å². The summed E-state index contributed by atoms with van der Waals surface area (Å²) < 4.78 is 10.9. The number of hydrogen-bond acceptors (Lipinski definition) is 4. The van der Waals surface area contributed by atoms with Crippen molar-refractivity contribution in [2.45, 2.75) is 26.4 Å². The van der Waals surface area contributed by atoms with E-state index in [9.17, 15) is 9.59 Å². The summed E-state index contributed by atoms with van der Waals surface area (Å²) in [6, 6.07) is 14.2. The molecule has 0 spiro atoms. The molecular formula is C19H22N2O4. The molecule has 6 nitrogen and oxygen atoms in total. The first-order valence-electron chi connectivity index (χ1n) is 8.02.